The highest BCUT2D eigenvalue weighted by Gasteiger charge is 2.17. The van der Waals surface area contributed by atoms with E-state index in [-0.39, 0.29) is 0 Å². The number of aromatic carboxylic acids is 1. The van der Waals surface area contributed by atoms with E-state index in [1.807, 2.05) is 18.2 Å². The van der Waals surface area contributed by atoms with Crippen molar-refractivity contribution in [2.45, 2.75) is 12.8 Å². The van der Waals surface area contributed by atoms with Gasteiger partial charge in [-0.25, -0.2) is 4.79 Å². The average Bonchev–Trinajstić information content (AvgIpc) is 2.37. The van der Waals surface area contributed by atoms with Crippen LogP contribution in [0.4, 0.5) is 0 Å². The van der Waals surface area contributed by atoms with Crippen LogP contribution in [0.3, 0.4) is 0 Å². The van der Waals surface area contributed by atoms with Gasteiger partial charge in [-0.1, -0.05) is 36.4 Å². The first kappa shape index (κ1) is 10.6. The van der Waals surface area contributed by atoms with E-state index >= 15 is 0 Å². The molecule has 0 saturated heterocycles. The van der Waals surface area contributed by atoms with Crippen LogP contribution in [0.2, 0.25) is 0 Å². The Labute approximate surface area is 110 Å². The van der Waals surface area contributed by atoms with Crippen LogP contribution in [0.15, 0.2) is 42.5 Å². The third-order valence-corrected chi connectivity index (χ3v) is 4.14. The number of aryl methyl sites for hydroxylation is 2. The number of carbonyl (C=O) groups is 1. The Morgan fingerprint density at radius 2 is 1.58 bits per heavy atom. The zero-order chi connectivity index (χ0) is 13.0. The van der Waals surface area contributed by atoms with Crippen LogP contribution in [-0.2, 0) is 12.8 Å². The lowest BCUT2D eigenvalue weighted by Gasteiger charge is -2.21. The van der Waals surface area contributed by atoms with Gasteiger partial charge in [-0.3, -0.25) is 0 Å². The van der Waals surface area contributed by atoms with Crippen LogP contribution in [0.25, 0.3) is 21.5 Å². The summed E-state index contributed by atoms with van der Waals surface area (Å²) < 4.78 is 0. The minimum atomic E-state index is -0.867. The lowest BCUT2D eigenvalue weighted by atomic mass is 9.83. The summed E-state index contributed by atoms with van der Waals surface area (Å²) in [5.41, 5.74) is 3.24. The van der Waals surface area contributed by atoms with Crippen LogP contribution >= 0.6 is 0 Å². The first-order valence-electron chi connectivity index (χ1n) is 6.45. The Bertz CT molecular complexity index is 847. The molecule has 4 rings (SSSR count). The molecule has 1 aliphatic carbocycles. The predicted octanol–water partition coefficient (Wildman–Crippen LogP) is 3.79. The number of benzene rings is 3. The molecule has 0 aromatic heterocycles. The van der Waals surface area contributed by atoms with Gasteiger partial charge in [0.05, 0.1) is 5.56 Å². The van der Waals surface area contributed by atoms with Crippen molar-refractivity contribution in [2.75, 3.05) is 0 Å². The van der Waals surface area contributed by atoms with Crippen molar-refractivity contribution in [3.8, 4) is 0 Å². The summed E-state index contributed by atoms with van der Waals surface area (Å²) in [6, 6.07) is 13.8. The lowest BCUT2D eigenvalue weighted by Crippen LogP contribution is -2.08. The molecule has 0 bridgehead atoms. The number of fused-ring (bicyclic) bond motifs is 5. The fourth-order valence-corrected chi connectivity index (χ4v) is 3.08. The smallest absolute Gasteiger partial charge is 0.336 e. The van der Waals surface area contributed by atoms with Crippen molar-refractivity contribution in [2.24, 2.45) is 0 Å². The molecule has 2 nitrogen and oxygen atoms in total. The van der Waals surface area contributed by atoms with E-state index < -0.39 is 5.97 Å². The minimum absolute atomic E-state index is 0.377. The van der Waals surface area contributed by atoms with E-state index in [1.54, 1.807) is 6.07 Å². The van der Waals surface area contributed by atoms with Crippen molar-refractivity contribution in [3.05, 3.63) is 59.2 Å². The number of carboxylic acids is 1. The molecule has 1 N–H and O–H groups in total. The van der Waals surface area contributed by atoms with Gasteiger partial charge in [0.1, 0.15) is 0 Å². The minimum Gasteiger partial charge on any atom is -0.478 e. The summed E-state index contributed by atoms with van der Waals surface area (Å²) in [6.45, 7) is 0. The maximum Gasteiger partial charge on any atom is 0.336 e. The first-order valence-corrected chi connectivity index (χ1v) is 6.45. The van der Waals surface area contributed by atoms with Gasteiger partial charge in [-0.05, 0) is 51.6 Å². The molecule has 19 heavy (non-hydrogen) atoms. The number of carboxylic acid groups (broad SMARTS) is 1. The maximum atomic E-state index is 11.3. The lowest BCUT2D eigenvalue weighted by molar-refractivity contribution is 0.0699. The Hall–Kier alpha value is -2.35. The highest BCUT2D eigenvalue weighted by Crippen LogP contribution is 2.35. The SMILES string of the molecule is O=C(O)c1cccc2c1ccc1c3c(ccc12)CC3. The predicted molar refractivity (Wildman–Crippen MR) is 75.8 cm³/mol. The zero-order valence-electron chi connectivity index (χ0n) is 10.3. The number of hydrogen-bond donors (Lipinski definition) is 1. The van der Waals surface area contributed by atoms with Crippen LogP contribution in [0, 0.1) is 0 Å². The van der Waals surface area contributed by atoms with E-state index in [0.29, 0.717) is 5.56 Å². The third kappa shape index (κ3) is 1.34. The summed E-state index contributed by atoms with van der Waals surface area (Å²) in [6.07, 6.45) is 2.30. The Balaban J connectivity index is 2.18. The molecule has 0 saturated carbocycles. The fourth-order valence-electron chi connectivity index (χ4n) is 3.08. The maximum absolute atomic E-state index is 11.3. The van der Waals surface area contributed by atoms with Crippen LogP contribution < -0.4 is 0 Å². The molecule has 2 heteroatoms. The van der Waals surface area contributed by atoms with Gasteiger partial charge in [0.2, 0.25) is 0 Å². The van der Waals surface area contributed by atoms with Gasteiger partial charge >= 0.3 is 5.97 Å². The second-order valence-electron chi connectivity index (χ2n) is 5.07. The van der Waals surface area contributed by atoms with Crippen molar-refractivity contribution in [3.63, 3.8) is 0 Å². The second-order valence-corrected chi connectivity index (χ2v) is 5.07. The van der Waals surface area contributed by atoms with Crippen LogP contribution in [-0.4, -0.2) is 11.1 Å². The van der Waals surface area contributed by atoms with Gasteiger partial charge in [0.15, 0.2) is 0 Å². The van der Waals surface area contributed by atoms with Gasteiger partial charge in [0, 0.05) is 0 Å². The van der Waals surface area contributed by atoms with E-state index in [1.165, 1.54) is 28.3 Å². The topological polar surface area (TPSA) is 37.3 Å². The largest absolute Gasteiger partial charge is 0.478 e. The van der Waals surface area contributed by atoms with Gasteiger partial charge in [0.25, 0.3) is 0 Å². The summed E-state index contributed by atoms with van der Waals surface area (Å²) in [5.74, 6) is -0.867. The van der Waals surface area contributed by atoms with Gasteiger partial charge in [-0.2, -0.15) is 0 Å². The average molecular weight is 248 g/mol. The fraction of sp³-hybridized carbons (Fsp3) is 0.118. The Kier molecular flexibility index (Phi) is 1.99. The zero-order valence-corrected chi connectivity index (χ0v) is 10.3. The Morgan fingerprint density at radius 1 is 0.842 bits per heavy atom. The molecule has 3 aromatic carbocycles. The molecule has 0 radical (unpaired) electrons. The molecule has 92 valence electrons. The second kappa shape index (κ2) is 3.58. The highest BCUT2D eigenvalue weighted by atomic mass is 16.4. The first-order chi connectivity index (χ1) is 9.25. The molecule has 0 heterocycles. The van der Waals surface area contributed by atoms with E-state index in [2.05, 4.69) is 18.2 Å². The van der Waals surface area contributed by atoms with E-state index in [0.717, 1.165) is 17.2 Å². The summed E-state index contributed by atoms with van der Waals surface area (Å²) >= 11 is 0. The van der Waals surface area contributed by atoms with Crippen molar-refractivity contribution in [1.82, 2.24) is 0 Å². The molecule has 0 amide bonds. The standard InChI is InChI=1S/C17H12O2/c18-17(19)16-3-1-2-12-14-7-5-10-4-6-11(10)13(14)8-9-15(12)16/h1-3,5,7-9H,4,6H2,(H,18,19). The van der Waals surface area contributed by atoms with Crippen molar-refractivity contribution in [1.29, 1.82) is 0 Å². The molecule has 3 aromatic rings. The molecule has 0 atom stereocenters. The quantitative estimate of drug-likeness (QED) is 0.665. The molecule has 0 fully saturated rings. The monoisotopic (exact) mass is 248 g/mol. The molecule has 0 unspecified atom stereocenters. The molecule has 0 aliphatic heterocycles. The Morgan fingerprint density at radius 3 is 2.32 bits per heavy atom. The van der Waals surface area contributed by atoms with Crippen LogP contribution in [0.1, 0.15) is 21.5 Å². The third-order valence-electron chi connectivity index (χ3n) is 4.14. The van der Waals surface area contributed by atoms with Crippen molar-refractivity contribution < 1.29 is 9.90 Å². The van der Waals surface area contributed by atoms with Gasteiger partial charge < -0.3 is 5.11 Å². The molecule has 1 aliphatic rings. The van der Waals surface area contributed by atoms with Crippen molar-refractivity contribution >= 4 is 27.5 Å². The number of rotatable bonds is 1. The summed E-state index contributed by atoms with van der Waals surface area (Å²) in [4.78, 5) is 11.3. The summed E-state index contributed by atoms with van der Waals surface area (Å²) in [5, 5.41) is 13.6. The highest BCUT2D eigenvalue weighted by molar-refractivity contribution is 6.14. The normalized spacial score (nSPS) is 13.3. The summed E-state index contributed by atoms with van der Waals surface area (Å²) in [7, 11) is 0. The van der Waals surface area contributed by atoms with E-state index in [9.17, 15) is 9.90 Å². The molecular formula is C17H12O2. The van der Waals surface area contributed by atoms with E-state index in [4.69, 9.17) is 0 Å². The van der Waals surface area contributed by atoms with Crippen LogP contribution in [0.5, 0.6) is 0 Å². The molecule has 0 spiro atoms. The van der Waals surface area contributed by atoms with Gasteiger partial charge in [-0.15, -0.1) is 0 Å². The molecular weight excluding hydrogens is 236 g/mol. The number of hydrogen-bond acceptors (Lipinski definition) is 1.